The highest BCUT2D eigenvalue weighted by Gasteiger charge is 2.14. The van der Waals surface area contributed by atoms with E-state index in [1.54, 1.807) is 13.8 Å². The van der Waals surface area contributed by atoms with E-state index in [1.165, 1.54) is 0 Å². The van der Waals surface area contributed by atoms with Crippen molar-refractivity contribution in [2.24, 2.45) is 11.7 Å². The van der Waals surface area contributed by atoms with Crippen LogP contribution < -0.4 is 5.73 Å². The predicted octanol–water partition coefficient (Wildman–Crippen LogP) is 1.52. The Kier molecular flexibility index (Phi) is 11.0. The van der Waals surface area contributed by atoms with Gasteiger partial charge in [-0.1, -0.05) is 13.8 Å². The smallest absolute Gasteiger partial charge is 0.320 e. The van der Waals surface area contributed by atoms with Crippen LogP contribution >= 0.6 is 23.2 Å². The zero-order valence-electron chi connectivity index (χ0n) is 7.26. The summed E-state index contributed by atoms with van der Waals surface area (Å²) in [4.78, 5) is 10.0. The number of carboxylic acids is 1. The minimum atomic E-state index is -0.931. The van der Waals surface area contributed by atoms with Crippen LogP contribution in [0.2, 0.25) is 0 Å². The van der Waals surface area contributed by atoms with Crippen molar-refractivity contribution in [2.45, 2.75) is 19.9 Å². The Bertz CT molecular complexity index is 118. The van der Waals surface area contributed by atoms with Crippen molar-refractivity contribution in [3.8, 4) is 0 Å². The van der Waals surface area contributed by atoms with Crippen LogP contribution in [-0.2, 0) is 4.79 Å². The molecule has 3 N–H and O–H groups in total. The molecule has 0 aromatic rings. The number of carboxylic acid groups (broad SMARTS) is 1. The summed E-state index contributed by atoms with van der Waals surface area (Å²) < 4.78 is 0. The molecule has 0 saturated heterocycles. The van der Waals surface area contributed by atoms with Gasteiger partial charge in [0.25, 0.3) is 0 Å². The third-order valence-electron chi connectivity index (χ3n) is 1.07. The standard InChI is InChI=1S/C5H11NO2.C2H4Cl2/c1-3(2)4(6)5(7)8;3-1-2-4/h3-4H,6H2,1-2H3,(H,7,8);1-2H2/t4-;/m0./s1. The second-order valence-corrected chi connectivity index (χ2v) is 3.24. The average molecular weight is 216 g/mol. The summed E-state index contributed by atoms with van der Waals surface area (Å²) in [6.07, 6.45) is 0. The van der Waals surface area contributed by atoms with Gasteiger partial charge >= 0.3 is 5.97 Å². The Hall–Kier alpha value is 0.01000. The second-order valence-electron chi connectivity index (χ2n) is 2.49. The molecule has 0 saturated carbocycles. The molecule has 0 aliphatic heterocycles. The molecular formula is C7H15Cl2NO2. The van der Waals surface area contributed by atoms with Crippen molar-refractivity contribution in [3.63, 3.8) is 0 Å². The number of carbonyl (C=O) groups is 1. The first-order valence-corrected chi connectivity index (χ1v) is 4.64. The van der Waals surface area contributed by atoms with E-state index in [-0.39, 0.29) is 5.92 Å². The van der Waals surface area contributed by atoms with Crippen molar-refractivity contribution in [1.82, 2.24) is 0 Å². The molecule has 0 spiro atoms. The molecule has 0 rings (SSSR count). The molecular weight excluding hydrogens is 201 g/mol. The van der Waals surface area contributed by atoms with E-state index < -0.39 is 12.0 Å². The number of alkyl halides is 2. The highest BCUT2D eigenvalue weighted by molar-refractivity contribution is 6.25. The second kappa shape index (κ2) is 9.10. The van der Waals surface area contributed by atoms with Gasteiger partial charge in [0.2, 0.25) is 0 Å². The molecule has 0 radical (unpaired) electrons. The minimum absolute atomic E-state index is 0.0208. The fraction of sp³-hybridized carbons (Fsp3) is 0.857. The van der Waals surface area contributed by atoms with Crippen LogP contribution in [0, 0.1) is 5.92 Å². The maximum Gasteiger partial charge on any atom is 0.320 e. The van der Waals surface area contributed by atoms with E-state index in [1.807, 2.05) is 0 Å². The first-order chi connectivity index (χ1) is 5.47. The molecule has 0 bridgehead atoms. The monoisotopic (exact) mass is 215 g/mol. The predicted molar refractivity (Wildman–Crippen MR) is 51.9 cm³/mol. The summed E-state index contributed by atoms with van der Waals surface area (Å²) in [6.45, 7) is 3.55. The van der Waals surface area contributed by atoms with E-state index in [0.717, 1.165) is 0 Å². The van der Waals surface area contributed by atoms with E-state index in [4.69, 9.17) is 34.0 Å². The van der Waals surface area contributed by atoms with Crippen LogP contribution in [0.1, 0.15) is 13.8 Å². The summed E-state index contributed by atoms with van der Waals surface area (Å²) in [5, 5.41) is 8.23. The van der Waals surface area contributed by atoms with Gasteiger partial charge in [0, 0.05) is 11.8 Å². The largest absolute Gasteiger partial charge is 0.480 e. The van der Waals surface area contributed by atoms with E-state index >= 15 is 0 Å². The SMILES string of the molecule is CC(C)[C@H](N)C(=O)O.ClCCCl. The van der Waals surface area contributed by atoms with Gasteiger partial charge in [-0.2, -0.15) is 0 Å². The molecule has 5 heteroatoms. The van der Waals surface area contributed by atoms with Gasteiger partial charge in [0.15, 0.2) is 0 Å². The maximum atomic E-state index is 10.0. The zero-order chi connectivity index (χ0) is 10.1. The molecule has 0 heterocycles. The molecule has 1 atom stereocenters. The lowest BCUT2D eigenvalue weighted by atomic mass is 10.1. The van der Waals surface area contributed by atoms with Gasteiger partial charge in [-0.3, -0.25) is 4.79 Å². The molecule has 74 valence electrons. The fourth-order valence-corrected chi connectivity index (χ4v) is 0.285. The molecule has 0 aliphatic rings. The van der Waals surface area contributed by atoms with Crippen molar-refractivity contribution in [1.29, 1.82) is 0 Å². The summed E-state index contributed by atoms with van der Waals surface area (Å²) in [5.74, 6) is 0.204. The number of hydrogen-bond acceptors (Lipinski definition) is 2. The van der Waals surface area contributed by atoms with Crippen molar-refractivity contribution in [3.05, 3.63) is 0 Å². The highest BCUT2D eigenvalue weighted by atomic mass is 35.5. The van der Waals surface area contributed by atoms with Crippen LogP contribution in [0.4, 0.5) is 0 Å². The fourth-order valence-electron chi connectivity index (χ4n) is 0.285. The molecule has 0 amide bonds. The van der Waals surface area contributed by atoms with E-state index in [9.17, 15) is 4.79 Å². The molecule has 0 fully saturated rings. The lowest BCUT2D eigenvalue weighted by Crippen LogP contribution is -2.34. The molecule has 0 unspecified atom stereocenters. The van der Waals surface area contributed by atoms with E-state index in [0.29, 0.717) is 11.8 Å². The Labute approximate surface area is 82.8 Å². The van der Waals surface area contributed by atoms with Crippen molar-refractivity contribution in [2.75, 3.05) is 11.8 Å². The normalized spacial score (nSPS) is 11.8. The topological polar surface area (TPSA) is 63.3 Å². The van der Waals surface area contributed by atoms with Gasteiger partial charge in [-0.25, -0.2) is 0 Å². The zero-order valence-corrected chi connectivity index (χ0v) is 8.77. The summed E-state index contributed by atoms with van der Waals surface area (Å²) >= 11 is 10.1. The number of rotatable bonds is 3. The molecule has 0 aliphatic carbocycles. The third kappa shape index (κ3) is 10.0. The van der Waals surface area contributed by atoms with Crippen molar-refractivity contribution < 1.29 is 9.90 Å². The Balaban J connectivity index is 0. The lowest BCUT2D eigenvalue weighted by molar-refractivity contribution is -0.139. The van der Waals surface area contributed by atoms with Gasteiger partial charge < -0.3 is 10.8 Å². The average Bonchev–Trinajstić information content (AvgIpc) is 2.03. The summed E-state index contributed by atoms with van der Waals surface area (Å²) in [6, 6.07) is -0.713. The third-order valence-corrected chi connectivity index (χ3v) is 1.65. The molecule has 0 aromatic carbocycles. The van der Waals surface area contributed by atoms with E-state index in [2.05, 4.69) is 0 Å². The summed E-state index contributed by atoms with van der Waals surface area (Å²) in [5.41, 5.74) is 5.16. The Morgan fingerprint density at radius 2 is 1.75 bits per heavy atom. The van der Waals surface area contributed by atoms with Gasteiger partial charge in [-0.05, 0) is 5.92 Å². The number of halogens is 2. The number of hydrogen-bond donors (Lipinski definition) is 2. The quantitative estimate of drug-likeness (QED) is 0.703. The van der Waals surface area contributed by atoms with Crippen LogP contribution in [0.25, 0.3) is 0 Å². The maximum absolute atomic E-state index is 10.0. The van der Waals surface area contributed by atoms with Crippen LogP contribution in [0.5, 0.6) is 0 Å². The molecule has 3 nitrogen and oxygen atoms in total. The van der Waals surface area contributed by atoms with Crippen LogP contribution in [0.15, 0.2) is 0 Å². The Morgan fingerprint density at radius 1 is 1.42 bits per heavy atom. The highest BCUT2D eigenvalue weighted by Crippen LogP contribution is 1.96. The van der Waals surface area contributed by atoms with Crippen LogP contribution in [-0.4, -0.2) is 28.9 Å². The van der Waals surface area contributed by atoms with Gasteiger partial charge in [0.05, 0.1) is 0 Å². The molecule has 0 aromatic heterocycles. The van der Waals surface area contributed by atoms with Gasteiger partial charge in [-0.15, -0.1) is 23.2 Å². The minimum Gasteiger partial charge on any atom is -0.480 e. The summed E-state index contributed by atoms with van der Waals surface area (Å²) in [7, 11) is 0. The lowest BCUT2D eigenvalue weighted by Gasteiger charge is -2.07. The first kappa shape index (κ1) is 14.5. The Morgan fingerprint density at radius 3 is 1.75 bits per heavy atom. The van der Waals surface area contributed by atoms with Crippen LogP contribution in [0.3, 0.4) is 0 Å². The number of nitrogens with two attached hydrogens (primary N) is 1. The molecule has 12 heavy (non-hydrogen) atoms. The first-order valence-electron chi connectivity index (χ1n) is 3.57. The number of aliphatic carboxylic acids is 1. The van der Waals surface area contributed by atoms with Crippen molar-refractivity contribution >= 4 is 29.2 Å². The van der Waals surface area contributed by atoms with Gasteiger partial charge in [0.1, 0.15) is 6.04 Å².